The first-order valence-electron chi connectivity index (χ1n) is 8.56. The maximum atomic E-state index is 12.9. The molecule has 1 rings (SSSR count). The molecular formula is C17H35NO2S. The molecule has 3 nitrogen and oxygen atoms in total. The SMILES string of the molecule is CCNC1CCC(C(C)(C)C)CC1S(=O)(=O)CC(C)CC. The first-order chi connectivity index (χ1) is 9.61. The van der Waals surface area contributed by atoms with Crippen molar-refractivity contribution in [3.05, 3.63) is 0 Å². The molecule has 1 fully saturated rings. The van der Waals surface area contributed by atoms with Crippen LogP contribution in [0.4, 0.5) is 0 Å². The van der Waals surface area contributed by atoms with Crippen molar-refractivity contribution in [3.63, 3.8) is 0 Å². The van der Waals surface area contributed by atoms with Gasteiger partial charge in [-0.3, -0.25) is 0 Å². The molecule has 4 unspecified atom stereocenters. The van der Waals surface area contributed by atoms with Gasteiger partial charge in [-0.25, -0.2) is 8.42 Å². The second kappa shape index (κ2) is 7.45. The van der Waals surface area contributed by atoms with Crippen molar-refractivity contribution in [2.45, 2.75) is 78.5 Å². The lowest BCUT2D eigenvalue weighted by atomic mass is 9.71. The molecule has 1 aliphatic rings. The van der Waals surface area contributed by atoms with Gasteiger partial charge in [-0.1, -0.05) is 48.0 Å². The minimum Gasteiger partial charge on any atom is -0.313 e. The van der Waals surface area contributed by atoms with Crippen molar-refractivity contribution in [2.75, 3.05) is 12.3 Å². The summed E-state index contributed by atoms with van der Waals surface area (Å²) < 4.78 is 25.7. The number of nitrogens with one attached hydrogen (secondary N) is 1. The Bertz CT molecular complexity index is 411. The highest BCUT2D eigenvalue weighted by Gasteiger charge is 2.41. The summed E-state index contributed by atoms with van der Waals surface area (Å²) >= 11 is 0. The Morgan fingerprint density at radius 3 is 2.29 bits per heavy atom. The minimum absolute atomic E-state index is 0.141. The van der Waals surface area contributed by atoms with Crippen molar-refractivity contribution >= 4 is 9.84 Å². The normalized spacial score (nSPS) is 29.3. The van der Waals surface area contributed by atoms with E-state index in [-0.39, 0.29) is 22.6 Å². The quantitative estimate of drug-likeness (QED) is 0.813. The standard InChI is InChI=1S/C17H35NO2S/c1-7-13(3)12-21(19,20)16-11-14(17(4,5)6)9-10-15(16)18-8-2/h13-16,18H,7-12H2,1-6H3. The summed E-state index contributed by atoms with van der Waals surface area (Å²) in [6.45, 7) is 13.7. The van der Waals surface area contributed by atoms with E-state index in [0.29, 0.717) is 11.7 Å². The molecule has 0 bridgehead atoms. The van der Waals surface area contributed by atoms with Gasteiger partial charge in [0, 0.05) is 6.04 Å². The molecule has 0 saturated heterocycles. The lowest BCUT2D eigenvalue weighted by Crippen LogP contribution is -2.50. The monoisotopic (exact) mass is 317 g/mol. The average molecular weight is 318 g/mol. The molecule has 0 amide bonds. The third-order valence-electron chi connectivity index (χ3n) is 5.16. The molecule has 1 N–H and O–H groups in total. The Kier molecular flexibility index (Phi) is 6.73. The third-order valence-corrected chi connectivity index (χ3v) is 7.63. The summed E-state index contributed by atoms with van der Waals surface area (Å²) in [6, 6.07) is 0.141. The fourth-order valence-electron chi connectivity index (χ4n) is 3.45. The molecule has 0 aromatic carbocycles. The Labute approximate surface area is 132 Å². The lowest BCUT2D eigenvalue weighted by Gasteiger charge is -2.42. The highest BCUT2D eigenvalue weighted by Crippen LogP contribution is 2.40. The van der Waals surface area contributed by atoms with Crippen molar-refractivity contribution < 1.29 is 8.42 Å². The van der Waals surface area contributed by atoms with E-state index in [1.165, 1.54) is 0 Å². The van der Waals surface area contributed by atoms with E-state index in [0.717, 1.165) is 32.2 Å². The summed E-state index contributed by atoms with van der Waals surface area (Å²) in [4.78, 5) is 0. The molecule has 126 valence electrons. The van der Waals surface area contributed by atoms with E-state index in [1.54, 1.807) is 0 Å². The predicted octanol–water partition coefficient (Wildman–Crippen LogP) is 3.64. The zero-order chi connectivity index (χ0) is 16.3. The Morgan fingerprint density at radius 1 is 1.19 bits per heavy atom. The molecule has 4 heteroatoms. The van der Waals surface area contributed by atoms with Gasteiger partial charge in [0.05, 0.1) is 11.0 Å². The molecule has 1 saturated carbocycles. The first kappa shape index (κ1) is 19.0. The minimum atomic E-state index is -3.02. The first-order valence-corrected chi connectivity index (χ1v) is 10.3. The number of hydrogen-bond acceptors (Lipinski definition) is 3. The zero-order valence-corrected chi connectivity index (χ0v) is 15.6. The van der Waals surface area contributed by atoms with E-state index in [4.69, 9.17) is 0 Å². The van der Waals surface area contributed by atoms with E-state index in [2.05, 4.69) is 39.9 Å². The number of hydrogen-bond donors (Lipinski definition) is 1. The predicted molar refractivity (Wildman–Crippen MR) is 91.3 cm³/mol. The van der Waals surface area contributed by atoms with Crippen LogP contribution in [0.2, 0.25) is 0 Å². The van der Waals surface area contributed by atoms with Gasteiger partial charge in [-0.2, -0.15) is 0 Å². The summed E-state index contributed by atoms with van der Waals surface area (Å²) in [7, 11) is -3.02. The van der Waals surface area contributed by atoms with Crippen LogP contribution in [0, 0.1) is 17.3 Å². The molecule has 0 radical (unpaired) electrons. The highest BCUT2D eigenvalue weighted by molar-refractivity contribution is 7.92. The summed E-state index contributed by atoms with van der Waals surface area (Å²) in [5.41, 5.74) is 0.196. The van der Waals surface area contributed by atoms with Crippen LogP contribution in [0.25, 0.3) is 0 Å². The zero-order valence-electron chi connectivity index (χ0n) is 14.8. The van der Waals surface area contributed by atoms with E-state index in [9.17, 15) is 8.42 Å². The van der Waals surface area contributed by atoms with Crippen LogP contribution in [-0.2, 0) is 9.84 Å². The number of sulfone groups is 1. The van der Waals surface area contributed by atoms with Crippen molar-refractivity contribution in [2.24, 2.45) is 17.3 Å². The van der Waals surface area contributed by atoms with Crippen molar-refractivity contribution in [1.29, 1.82) is 0 Å². The Morgan fingerprint density at radius 2 is 1.81 bits per heavy atom. The maximum Gasteiger partial charge on any atom is 0.154 e. The van der Waals surface area contributed by atoms with Gasteiger partial charge in [-0.05, 0) is 43.1 Å². The van der Waals surface area contributed by atoms with Gasteiger partial charge < -0.3 is 5.32 Å². The van der Waals surface area contributed by atoms with Gasteiger partial charge in [0.1, 0.15) is 0 Å². The van der Waals surface area contributed by atoms with Gasteiger partial charge in [-0.15, -0.1) is 0 Å². The highest BCUT2D eigenvalue weighted by atomic mass is 32.2. The second-order valence-corrected chi connectivity index (χ2v) is 10.2. The summed E-state index contributed by atoms with van der Waals surface area (Å²) in [5.74, 6) is 1.10. The van der Waals surface area contributed by atoms with E-state index >= 15 is 0 Å². The average Bonchev–Trinajstić information content (AvgIpc) is 2.37. The lowest BCUT2D eigenvalue weighted by molar-refractivity contribution is 0.162. The second-order valence-electron chi connectivity index (χ2n) is 7.92. The van der Waals surface area contributed by atoms with Crippen LogP contribution in [-0.4, -0.2) is 32.0 Å². The van der Waals surface area contributed by atoms with Crippen molar-refractivity contribution in [3.8, 4) is 0 Å². The topological polar surface area (TPSA) is 46.2 Å². The summed E-state index contributed by atoms with van der Waals surface area (Å²) in [5, 5.41) is 3.22. The van der Waals surface area contributed by atoms with Gasteiger partial charge in [0.2, 0.25) is 0 Å². The van der Waals surface area contributed by atoms with Crippen molar-refractivity contribution in [1.82, 2.24) is 5.32 Å². The molecule has 0 aromatic rings. The smallest absolute Gasteiger partial charge is 0.154 e. The van der Waals surface area contributed by atoms with Crippen LogP contribution in [0.15, 0.2) is 0 Å². The largest absolute Gasteiger partial charge is 0.313 e. The molecule has 1 aliphatic carbocycles. The van der Waals surface area contributed by atoms with Crippen LogP contribution in [0.1, 0.15) is 67.2 Å². The number of rotatable bonds is 6. The van der Waals surface area contributed by atoms with Crippen LogP contribution < -0.4 is 5.32 Å². The fraction of sp³-hybridized carbons (Fsp3) is 1.00. The molecule has 4 atom stereocenters. The molecule has 0 aliphatic heterocycles. The Hall–Kier alpha value is -0.0900. The molecule has 0 heterocycles. The van der Waals surface area contributed by atoms with Crippen LogP contribution in [0.3, 0.4) is 0 Å². The molecule has 0 aromatic heterocycles. The van der Waals surface area contributed by atoms with Crippen LogP contribution in [0.5, 0.6) is 0 Å². The molecular weight excluding hydrogens is 282 g/mol. The van der Waals surface area contributed by atoms with E-state index in [1.807, 2.05) is 6.92 Å². The van der Waals surface area contributed by atoms with Gasteiger partial charge >= 0.3 is 0 Å². The third kappa shape index (κ3) is 5.24. The fourth-order valence-corrected chi connectivity index (χ4v) is 5.98. The van der Waals surface area contributed by atoms with Crippen LogP contribution >= 0.6 is 0 Å². The van der Waals surface area contributed by atoms with Gasteiger partial charge in [0.15, 0.2) is 9.84 Å². The molecule has 21 heavy (non-hydrogen) atoms. The van der Waals surface area contributed by atoms with Gasteiger partial charge in [0.25, 0.3) is 0 Å². The summed E-state index contributed by atoms with van der Waals surface area (Å²) in [6.07, 6.45) is 3.87. The van der Waals surface area contributed by atoms with E-state index < -0.39 is 9.84 Å². The maximum absolute atomic E-state index is 12.9. The Balaban J connectivity index is 2.94. The molecule has 0 spiro atoms.